The normalized spacial score (nSPS) is 10.3. The highest BCUT2D eigenvalue weighted by Gasteiger charge is 2.14. The van der Waals surface area contributed by atoms with Gasteiger partial charge in [0.25, 0.3) is 0 Å². The summed E-state index contributed by atoms with van der Waals surface area (Å²) in [4.78, 5) is 17.0. The van der Waals surface area contributed by atoms with Crippen molar-refractivity contribution in [1.82, 2.24) is 15.2 Å². The number of benzene rings is 1. The van der Waals surface area contributed by atoms with E-state index in [4.69, 9.17) is 4.74 Å². The van der Waals surface area contributed by atoms with Crippen LogP contribution in [0.4, 0.5) is 18.0 Å². The Labute approximate surface area is 137 Å². The van der Waals surface area contributed by atoms with Crippen LogP contribution in [0.15, 0.2) is 36.7 Å². The summed E-state index contributed by atoms with van der Waals surface area (Å²) in [6.07, 6.45) is 3.16. The smallest absolute Gasteiger partial charge is 0.317 e. The number of nitrogens with zero attached hydrogens (tertiary/aromatic N) is 2. The molecule has 0 fully saturated rings. The molecule has 0 aliphatic heterocycles. The van der Waals surface area contributed by atoms with Gasteiger partial charge in [-0.25, -0.2) is 18.0 Å². The molecule has 24 heavy (non-hydrogen) atoms. The van der Waals surface area contributed by atoms with Crippen molar-refractivity contribution in [3.8, 4) is 5.75 Å². The number of rotatable bonds is 6. The maximum absolute atomic E-state index is 13.1. The fourth-order valence-electron chi connectivity index (χ4n) is 1.94. The number of pyridine rings is 1. The lowest BCUT2D eigenvalue weighted by atomic mass is 10.2. The Balaban J connectivity index is 1.78. The van der Waals surface area contributed by atoms with Crippen molar-refractivity contribution >= 4 is 6.03 Å². The van der Waals surface area contributed by atoms with Gasteiger partial charge in [0.1, 0.15) is 12.4 Å². The molecule has 2 amide bonds. The summed E-state index contributed by atoms with van der Waals surface area (Å²) < 4.78 is 44.5. The largest absolute Gasteiger partial charge is 0.490 e. The minimum Gasteiger partial charge on any atom is -0.490 e. The summed E-state index contributed by atoms with van der Waals surface area (Å²) in [7, 11) is 1.45. The number of halogens is 3. The van der Waals surface area contributed by atoms with E-state index in [-0.39, 0.29) is 25.3 Å². The number of aromatic nitrogens is 1. The Bertz CT molecular complexity index is 675. The highest BCUT2D eigenvalue weighted by molar-refractivity contribution is 5.73. The van der Waals surface area contributed by atoms with Gasteiger partial charge in [-0.3, -0.25) is 4.98 Å². The van der Waals surface area contributed by atoms with Crippen LogP contribution in [-0.4, -0.2) is 36.1 Å². The fraction of sp³-hybridized carbons (Fsp3) is 0.250. The summed E-state index contributed by atoms with van der Waals surface area (Å²) in [6.45, 7) is 0.415. The summed E-state index contributed by atoms with van der Waals surface area (Å²) in [5, 5.41) is 2.59. The van der Waals surface area contributed by atoms with Gasteiger partial charge in [0, 0.05) is 19.8 Å². The Kier molecular flexibility index (Phi) is 6.00. The monoisotopic (exact) mass is 339 g/mol. The summed E-state index contributed by atoms with van der Waals surface area (Å²) in [5.74, 6) is -3.52. The van der Waals surface area contributed by atoms with Crippen LogP contribution in [0.1, 0.15) is 5.56 Å². The first-order valence-corrected chi connectivity index (χ1v) is 7.12. The highest BCUT2D eigenvalue weighted by atomic mass is 19.2. The standard InChI is InChI=1S/C16H16F3N3O2/c1-22(10-11-7-13(17)15(19)14(18)8-11)16(23)21-5-6-24-12-3-2-4-20-9-12/h2-4,7-9H,5-6,10H2,1H3,(H,21,23). The first-order valence-electron chi connectivity index (χ1n) is 7.12. The molecule has 1 aromatic heterocycles. The topological polar surface area (TPSA) is 54.5 Å². The molecule has 1 aromatic carbocycles. The number of hydrogen-bond donors (Lipinski definition) is 1. The van der Waals surface area contributed by atoms with Gasteiger partial charge in [0.2, 0.25) is 0 Å². The minimum absolute atomic E-state index is 0.0661. The first kappa shape index (κ1) is 17.6. The average molecular weight is 339 g/mol. The molecule has 1 N–H and O–H groups in total. The molecular formula is C16H16F3N3O2. The van der Waals surface area contributed by atoms with E-state index >= 15 is 0 Å². The van der Waals surface area contributed by atoms with E-state index in [1.807, 2.05) is 0 Å². The van der Waals surface area contributed by atoms with E-state index in [0.717, 1.165) is 12.1 Å². The lowest BCUT2D eigenvalue weighted by molar-refractivity contribution is 0.203. The Morgan fingerprint density at radius 1 is 1.29 bits per heavy atom. The molecule has 0 unspecified atom stereocenters. The molecule has 0 bridgehead atoms. The average Bonchev–Trinajstić information content (AvgIpc) is 2.57. The number of ether oxygens (including phenoxy) is 1. The van der Waals surface area contributed by atoms with Gasteiger partial charge in [-0.1, -0.05) is 0 Å². The van der Waals surface area contributed by atoms with Crippen LogP contribution in [-0.2, 0) is 6.54 Å². The molecule has 128 valence electrons. The summed E-state index contributed by atoms with van der Waals surface area (Å²) in [5.41, 5.74) is 0.149. The van der Waals surface area contributed by atoms with Crippen LogP contribution >= 0.6 is 0 Å². The van der Waals surface area contributed by atoms with Gasteiger partial charge >= 0.3 is 6.03 Å². The molecule has 0 saturated carbocycles. The fourth-order valence-corrected chi connectivity index (χ4v) is 1.94. The highest BCUT2D eigenvalue weighted by Crippen LogP contribution is 2.14. The third-order valence-corrected chi connectivity index (χ3v) is 3.09. The van der Waals surface area contributed by atoms with Crippen LogP contribution in [0, 0.1) is 17.5 Å². The van der Waals surface area contributed by atoms with Gasteiger partial charge in [0.15, 0.2) is 17.5 Å². The Hall–Kier alpha value is -2.77. The van der Waals surface area contributed by atoms with Gasteiger partial charge < -0.3 is 15.0 Å². The predicted octanol–water partition coefficient (Wildman–Crippen LogP) is 2.72. The van der Waals surface area contributed by atoms with Crippen molar-refractivity contribution in [2.24, 2.45) is 0 Å². The zero-order valence-electron chi connectivity index (χ0n) is 12.9. The van der Waals surface area contributed by atoms with E-state index in [2.05, 4.69) is 10.3 Å². The van der Waals surface area contributed by atoms with Crippen molar-refractivity contribution in [2.75, 3.05) is 20.2 Å². The number of hydrogen-bond acceptors (Lipinski definition) is 3. The van der Waals surface area contributed by atoms with Crippen LogP contribution in [0.2, 0.25) is 0 Å². The molecule has 0 aliphatic rings. The molecule has 2 rings (SSSR count). The van der Waals surface area contributed by atoms with E-state index < -0.39 is 23.5 Å². The zero-order valence-corrected chi connectivity index (χ0v) is 12.9. The van der Waals surface area contributed by atoms with E-state index in [9.17, 15) is 18.0 Å². The number of nitrogens with one attached hydrogen (secondary N) is 1. The lowest BCUT2D eigenvalue weighted by Crippen LogP contribution is -2.38. The predicted molar refractivity (Wildman–Crippen MR) is 80.9 cm³/mol. The Morgan fingerprint density at radius 3 is 2.62 bits per heavy atom. The second-order valence-electron chi connectivity index (χ2n) is 5.00. The minimum atomic E-state index is -1.53. The lowest BCUT2D eigenvalue weighted by Gasteiger charge is -2.18. The van der Waals surface area contributed by atoms with Crippen LogP contribution < -0.4 is 10.1 Å². The maximum Gasteiger partial charge on any atom is 0.317 e. The van der Waals surface area contributed by atoms with Gasteiger partial charge in [-0.2, -0.15) is 0 Å². The molecule has 0 spiro atoms. The van der Waals surface area contributed by atoms with E-state index in [1.165, 1.54) is 11.9 Å². The molecule has 5 nitrogen and oxygen atoms in total. The van der Waals surface area contributed by atoms with Crippen LogP contribution in [0.25, 0.3) is 0 Å². The molecular weight excluding hydrogens is 323 g/mol. The quantitative estimate of drug-likeness (QED) is 0.650. The number of urea groups is 1. The van der Waals surface area contributed by atoms with Crippen molar-refractivity contribution in [3.05, 3.63) is 59.7 Å². The van der Waals surface area contributed by atoms with Crippen molar-refractivity contribution in [3.63, 3.8) is 0 Å². The molecule has 2 aromatic rings. The third kappa shape index (κ3) is 4.87. The molecule has 0 saturated heterocycles. The maximum atomic E-state index is 13.1. The molecule has 8 heteroatoms. The molecule has 0 atom stereocenters. The second kappa shape index (κ2) is 8.19. The third-order valence-electron chi connectivity index (χ3n) is 3.09. The van der Waals surface area contributed by atoms with Crippen LogP contribution in [0.5, 0.6) is 5.75 Å². The first-order chi connectivity index (χ1) is 11.5. The zero-order chi connectivity index (χ0) is 17.5. The van der Waals surface area contributed by atoms with Gasteiger partial charge in [0.05, 0.1) is 12.7 Å². The number of carbonyl (C=O) groups excluding carboxylic acids is 1. The molecule has 0 radical (unpaired) electrons. The summed E-state index contributed by atoms with van der Waals surface area (Å²) in [6, 6.07) is 4.72. The van der Waals surface area contributed by atoms with Gasteiger partial charge in [-0.05, 0) is 29.8 Å². The van der Waals surface area contributed by atoms with E-state index in [1.54, 1.807) is 24.5 Å². The van der Waals surface area contributed by atoms with Gasteiger partial charge in [-0.15, -0.1) is 0 Å². The van der Waals surface area contributed by atoms with Crippen molar-refractivity contribution in [2.45, 2.75) is 6.54 Å². The Morgan fingerprint density at radius 2 is 2.00 bits per heavy atom. The second-order valence-corrected chi connectivity index (χ2v) is 5.00. The van der Waals surface area contributed by atoms with Crippen LogP contribution in [0.3, 0.4) is 0 Å². The molecule has 0 aliphatic carbocycles. The number of amides is 2. The SMILES string of the molecule is CN(Cc1cc(F)c(F)c(F)c1)C(=O)NCCOc1cccnc1. The van der Waals surface area contributed by atoms with Crippen molar-refractivity contribution < 1.29 is 22.7 Å². The summed E-state index contributed by atoms with van der Waals surface area (Å²) >= 11 is 0. The van der Waals surface area contributed by atoms with E-state index in [0.29, 0.717) is 5.75 Å². The number of carbonyl (C=O) groups is 1. The molecule has 1 heterocycles. The van der Waals surface area contributed by atoms with Crippen molar-refractivity contribution in [1.29, 1.82) is 0 Å².